The number of rotatable bonds is 1. The quantitative estimate of drug-likeness (QED) is 0.671. The standard InChI is InChI=1S/C12H8F3N5/c13-12(14,15)7-1-6(2-8(16)3-7)10-19-9-4-17-5-18-11(9)20-10/h1-5H,16H2,(H,17,18,19,20). The largest absolute Gasteiger partial charge is 0.416 e. The van der Waals surface area contributed by atoms with E-state index in [0.717, 1.165) is 12.1 Å². The van der Waals surface area contributed by atoms with Crippen LogP contribution in [0.2, 0.25) is 0 Å². The van der Waals surface area contributed by atoms with Gasteiger partial charge in [-0.05, 0) is 18.2 Å². The number of anilines is 1. The van der Waals surface area contributed by atoms with Gasteiger partial charge in [-0.15, -0.1) is 0 Å². The Hall–Kier alpha value is -2.64. The summed E-state index contributed by atoms with van der Waals surface area (Å²) in [5, 5.41) is 0. The van der Waals surface area contributed by atoms with Gasteiger partial charge < -0.3 is 10.7 Å². The van der Waals surface area contributed by atoms with Crippen molar-refractivity contribution in [3.63, 3.8) is 0 Å². The normalized spacial score (nSPS) is 11.9. The third-order valence-corrected chi connectivity index (χ3v) is 2.72. The number of nitrogens with zero attached hydrogens (tertiary/aromatic N) is 3. The predicted octanol–water partition coefficient (Wildman–Crippen LogP) is 2.62. The van der Waals surface area contributed by atoms with Crippen LogP contribution in [-0.4, -0.2) is 19.9 Å². The van der Waals surface area contributed by atoms with Crippen LogP contribution in [-0.2, 0) is 6.18 Å². The smallest absolute Gasteiger partial charge is 0.399 e. The fourth-order valence-corrected chi connectivity index (χ4v) is 1.85. The summed E-state index contributed by atoms with van der Waals surface area (Å²) in [6.45, 7) is 0. The molecule has 8 heteroatoms. The van der Waals surface area contributed by atoms with E-state index in [2.05, 4.69) is 19.9 Å². The first kappa shape index (κ1) is 12.4. The number of alkyl halides is 3. The first-order valence-electron chi connectivity index (χ1n) is 5.57. The Labute approximate surface area is 110 Å². The zero-order valence-electron chi connectivity index (χ0n) is 9.94. The number of nitrogens with one attached hydrogen (secondary N) is 1. The molecule has 2 aromatic heterocycles. The predicted molar refractivity (Wildman–Crippen MR) is 66.5 cm³/mol. The fraction of sp³-hybridized carbons (Fsp3) is 0.0833. The van der Waals surface area contributed by atoms with Crippen LogP contribution in [0.5, 0.6) is 0 Å². The van der Waals surface area contributed by atoms with E-state index in [1.807, 2.05) is 0 Å². The van der Waals surface area contributed by atoms with Crippen molar-refractivity contribution in [2.45, 2.75) is 6.18 Å². The Kier molecular flexibility index (Phi) is 2.60. The number of imidazole rings is 1. The molecule has 0 saturated heterocycles. The summed E-state index contributed by atoms with van der Waals surface area (Å²) in [7, 11) is 0. The molecule has 5 nitrogen and oxygen atoms in total. The van der Waals surface area contributed by atoms with Crippen LogP contribution in [0, 0.1) is 0 Å². The zero-order valence-corrected chi connectivity index (χ0v) is 9.94. The molecule has 0 saturated carbocycles. The lowest BCUT2D eigenvalue weighted by Crippen LogP contribution is -2.06. The summed E-state index contributed by atoms with van der Waals surface area (Å²) in [6, 6.07) is 3.29. The molecular formula is C12H8F3N5. The number of aromatic amines is 1. The highest BCUT2D eigenvalue weighted by atomic mass is 19.4. The van der Waals surface area contributed by atoms with Crippen LogP contribution in [0.15, 0.2) is 30.7 Å². The highest BCUT2D eigenvalue weighted by molar-refractivity contribution is 5.76. The average molecular weight is 279 g/mol. The van der Waals surface area contributed by atoms with Gasteiger partial charge in [-0.25, -0.2) is 15.0 Å². The molecule has 0 unspecified atom stereocenters. The van der Waals surface area contributed by atoms with E-state index in [1.165, 1.54) is 18.6 Å². The average Bonchev–Trinajstić information content (AvgIpc) is 2.80. The van der Waals surface area contributed by atoms with Gasteiger partial charge in [-0.1, -0.05) is 0 Å². The van der Waals surface area contributed by atoms with Crippen molar-refractivity contribution in [2.24, 2.45) is 0 Å². The van der Waals surface area contributed by atoms with Gasteiger partial charge in [0.25, 0.3) is 0 Å². The van der Waals surface area contributed by atoms with Gasteiger partial charge in [-0.3, -0.25) is 0 Å². The lowest BCUT2D eigenvalue weighted by molar-refractivity contribution is -0.137. The molecule has 102 valence electrons. The molecule has 3 rings (SSSR count). The van der Waals surface area contributed by atoms with Crippen LogP contribution in [0.25, 0.3) is 22.6 Å². The van der Waals surface area contributed by atoms with E-state index in [0.29, 0.717) is 11.2 Å². The highest BCUT2D eigenvalue weighted by Gasteiger charge is 2.31. The van der Waals surface area contributed by atoms with Crippen LogP contribution in [0.1, 0.15) is 5.56 Å². The molecule has 2 heterocycles. The van der Waals surface area contributed by atoms with E-state index >= 15 is 0 Å². The summed E-state index contributed by atoms with van der Waals surface area (Å²) in [5.74, 6) is 0.262. The molecule has 0 bridgehead atoms. The van der Waals surface area contributed by atoms with Gasteiger partial charge in [0.05, 0.1) is 11.8 Å². The molecular weight excluding hydrogens is 271 g/mol. The number of nitrogen functional groups attached to an aromatic ring is 1. The van der Waals surface area contributed by atoms with Gasteiger partial charge in [0.15, 0.2) is 5.65 Å². The molecule has 0 aliphatic carbocycles. The third kappa shape index (κ3) is 2.15. The third-order valence-electron chi connectivity index (χ3n) is 2.72. The number of fused-ring (bicyclic) bond motifs is 1. The Bertz CT molecular complexity index is 745. The minimum absolute atomic E-state index is 0.0152. The van der Waals surface area contributed by atoms with Crippen molar-refractivity contribution >= 4 is 16.9 Å². The number of aromatic nitrogens is 4. The van der Waals surface area contributed by atoms with Gasteiger partial charge in [0.2, 0.25) is 0 Å². The van der Waals surface area contributed by atoms with Crippen LogP contribution >= 0.6 is 0 Å². The van der Waals surface area contributed by atoms with Crippen molar-refractivity contribution in [3.8, 4) is 11.4 Å². The molecule has 0 atom stereocenters. The van der Waals surface area contributed by atoms with Crippen molar-refractivity contribution in [1.29, 1.82) is 0 Å². The number of halogens is 3. The van der Waals surface area contributed by atoms with Crippen molar-refractivity contribution < 1.29 is 13.2 Å². The Morgan fingerprint density at radius 1 is 1.15 bits per heavy atom. The summed E-state index contributed by atoms with van der Waals surface area (Å²) in [6.07, 6.45) is -1.65. The molecule has 20 heavy (non-hydrogen) atoms. The summed E-state index contributed by atoms with van der Waals surface area (Å²) < 4.78 is 38.3. The first-order valence-corrected chi connectivity index (χ1v) is 5.57. The minimum Gasteiger partial charge on any atom is -0.399 e. The monoisotopic (exact) mass is 279 g/mol. The maximum Gasteiger partial charge on any atom is 0.416 e. The molecule has 1 aromatic carbocycles. The van der Waals surface area contributed by atoms with Crippen LogP contribution in [0.3, 0.4) is 0 Å². The lowest BCUT2D eigenvalue weighted by Gasteiger charge is -2.09. The Morgan fingerprint density at radius 2 is 1.95 bits per heavy atom. The summed E-state index contributed by atoms with van der Waals surface area (Å²) >= 11 is 0. The molecule has 3 N–H and O–H groups in total. The van der Waals surface area contributed by atoms with Crippen LogP contribution in [0.4, 0.5) is 18.9 Å². The van der Waals surface area contributed by atoms with E-state index in [1.54, 1.807) is 0 Å². The van der Waals surface area contributed by atoms with Gasteiger partial charge in [0, 0.05) is 11.3 Å². The number of nitrogens with two attached hydrogens (primary N) is 1. The second-order valence-corrected chi connectivity index (χ2v) is 4.19. The zero-order chi connectivity index (χ0) is 14.3. The maximum atomic E-state index is 12.8. The summed E-state index contributed by atoms with van der Waals surface area (Å²) in [4.78, 5) is 14.7. The molecule has 0 amide bonds. The Balaban J connectivity index is 2.16. The minimum atomic E-state index is -4.46. The second kappa shape index (κ2) is 4.19. The van der Waals surface area contributed by atoms with Crippen molar-refractivity contribution in [2.75, 3.05) is 5.73 Å². The molecule has 3 aromatic rings. The van der Waals surface area contributed by atoms with Gasteiger partial charge in [-0.2, -0.15) is 13.2 Å². The Morgan fingerprint density at radius 3 is 2.65 bits per heavy atom. The number of hydrogen-bond donors (Lipinski definition) is 2. The van der Waals surface area contributed by atoms with Crippen molar-refractivity contribution in [1.82, 2.24) is 19.9 Å². The maximum absolute atomic E-state index is 12.8. The number of hydrogen-bond acceptors (Lipinski definition) is 4. The molecule has 0 radical (unpaired) electrons. The van der Waals surface area contributed by atoms with E-state index in [-0.39, 0.29) is 17.1 Å². The molecule has 0 spiro atoms. The van der Waals surface area contributed by atoms with Gasteiger partial charge in [0.1, 0.15) is 17.7 Å². The number of H-pyrrole nitrogens is 1. The topological polar surface area (TPSA) is 80.5 Å². The first-order chi connectivity index (χ1) is 9.43. The second-order valence-electron chi connectivity index (χ2n) is 4.19. The van der Waals surface area contributed by atoms with Crippen molar-refractivity contribution in [3.05, 3.63) is 36.3 Å². The SMILES string of the molecule is Nc1cc(-c2nc3ncncc3[nH]2)cc(C(F)(F)F)c1. The highest BCUT2D eigenvalue weighted by Crippen LogP contribution is 2.33. The number of benzene rings is 1. The van der Waals surface area contributed by atoms with Gasteiger partial charge >= 0.3 is 6.18 Å². The fourth-order valence-electron chi connectivity index (χ4n) is 1.85. The molecule has 0 fully saturated rings. The molecule has 0 aliphatic rings. The lowest BCUT2D eigenvalue weighted by atomic mass is 10.1. The van der Waals surface area contributed by atoms with E-state index in [9.17, 15) is 13.2 Å². The van der Waals surface area contributed by atoms with Crippen LogP contribution < -0.4 is 5.73 Å². The van der Waals surface area contributed by atoms with E-state index < -0.39 is 11.7 Å². The van der Waals surface area contributed by atoms with E-state index in [4.69, 9.17) is 5.73 Å². The molecule has 0 aliphatic heterocycles. The summed E-state index contributed by atoms with van der Waals surface area (Å²) in [5.41, 5.74) is 5.88.